The van der Waals surface area contributed by atoms with Crippen molar-refractivity contribution >= 4 is 113 Å². The van der Waals surface area contributed by atoms with E-state index in [1.54, 1.807) is 0 Å². The second-order valence-corrected chi connectivity index (χ2v) is 8.02. The zero-order valence-corrected chi connectivity index (χ0v) is 18.1. The summed E-state index contributed by atoms with van der Waals surface area (Å²) in [6, 6.07) is 0. The number of phosphoric ester groups is 2. The molecule has 22 heavy (non-hydrogen) atoms. The van der Waals surface area contributed by atoms with E-state index in [4.69, 9.17) is 29.4 Å². The molecular formula is CH10Ca2O15P4. The summed E-state index contributed by atoms with van der Waals surface area (Å²) >= 11 is 0. The van der Waals surface area contributed by atoms with Gasteiger partial charge in [-0.2, -0.15) is 8.62 Å². The Morgan fingerprint density at radius 2 is 0.909 bits per heavy atom. The van der Waals surface area contributed by atoms with E-state index in [0.29, 0.717) is 0 Å². The Kier molecular flexibility index (Phi) is 13.9. The van der Waals surface area contributed by atoms with Crippen LogP contribution in [0.3, 0.4) is 0 Å². The van der Waals surface area contributed by atoms with Gasteiger partial charge < -0.3 is 34.3 Å². The molecule has 0 aromatic carbocycles. The Hall–Kier alpha value is 2.39. The standard InChI is InChI=1S/CH6O15P4.2Ca.4H/c2-1(13-19(9,10)15-17(3,4)5)14-20(11,12)16-18(6,7)8;;;;;;/h(H,9,10)(H,11,12)(H2,3,4,5)(H2,6,7,8);;;;;;/q;2*+2;4*-1. The van der Waals surface area contributed by atoms with Gasteiger partial charge in [0.25, 0.3) is 0 Å². The molecule has 0 radical (unpaired) electrons. The van der Waals surface area contributed by atoms with Gasteiger partial charge in [0, 0.05) is 0 Å². The van der Waals surface area contributed by atoms with Crippen molar-refractivity contribution in [1.82, 2.24) is 0 Å². The van der Waals surface area contributed by atoms with Gasteiger partial charge in [0.2, 0.25) is 0 Å². The molecule has 0 amide bonds. The predicted molar refractivity (Wildman–Crippen MR) is 69.4 cm³/mol. The first kappa shape index (κ1) is 29.2. The van der Waals surface area contributed by atoms with E-state index in [9.17, 15) is 23.1 Å². The topological polar surface area (TPSA) is 244 Å². The van der Waals surface area contributed by atoms with Crippen LogP contribution in [0.2, 0.25) is 0 Å². The first-order chi connectivity index (χ1) is 8.52. The molecule has 6 N–H and O–H groups in total. The van der Waals surface area contributed by atoms with Gasteiger partial charge in [0.1, 0.15) is 0 Å². The average Bonchev–Trinajstić information content (AvgIpc) is 1.86. The number of hydrogen-bond donors (Lipinski definition) is 6. The maximum absolute atomic E-state index is 10.8. The Balaban J connectivity index is -0.000000120. The molecule has 128 valence electrons. The van der Waals surface area contributed by atoms with E-state index in [1.807, 2.05) is 0 Å². The van der Waals surface area contributed by atoms with Gasteiger partial charge in [0.05, 0.1) is 0 Å². The molecule has 0 saturated carbocycles. The third-order valence-electron chi connectivity index (χ3n) is 0.799. The van der Waals surface area contributed by atoms with Crippen LogP contribution in [0.1, 0.15) is 5.71 Å². The number of carbonyl (C=O) groups excluding carboxylic acids is 1. The molecule has 0 bridgehead atoms. The molecule has 2 atom stereocenters. The summed E-state index contributed by atoms with van der Waals surface area (Å²) in [5, 5.41) is 0. The van der Waals surface area contributed by atoms with Crippen LogP contribution in [0.25, 0.3) is 0 Å². The second kappa shape index (κ2) is 10.5. The van der Waals surface area contributed by atoms with Crippen molar-refractivity contribution in [3.8, 4) is 0 Å². The third-order valence-corrected chi connectivity index (χ3v) is 4.91. The summed E-state index contributed by atoms with van der Waals surface area (Å²) in [5.41, 5.74) is 0. The van der Waals surface area contributed by atoms with E-state index in [1.165, 1.54) is 0 Å². The quantitative estimate of drug-likeness (QED) is 0.208. The van der Waals surface area contributed by atoms with Crippen LogP contribution in [0.4, 0.5) is 4.79 Å². The van der Waals surface area contributed by atoms with Crippen LogP contribution in [-0.2, 0) is 35.9 Å². The minimum Gasteiger partial charge on any atom is -1.00 e. The fraction of sp³-hybridized carbons (Fsp3) is 0. The van der Waals surface area contributed by atoms with E-state index < -0.39 is 37.4 Å². The smallest absolute Gasteiger partial charge is 1.00 e. The van der Waals surface area contributed by atoms with Gasteiger partial charge in [0.15, 0.2) is 0 Å². The maximum atomic E-state index is 10.8. The van der Waals surface area contributed by atoms with E-state index >= 15 is 0 Å². The summed E-state index contributed by atoms with van der Waals surface area (Å²) < 4.78 is 54.6. The fourth-order valence-corrected chi connectivity index (χ4v) is 3.43. The molecule has 21 heteroatoms. The van der Waals surface area contributed by atoms with E-state index in [-0.39, 0.29) is 81.2 Å². The number of phosphoric acid groups is 4. The summed E-state index contributed by atoms with van der Waals surface area (Å²) in [6.07, 6.45) is -2.54. The van der Waals surface area contributed by atoms with Gasteiger partial charge in [-0.15, -0.1) is 0 Å². The summed E-state index contributed by atoms with van der Waals surface area (Å²) in [7, 11) is -22.6. The summed E-state index contributed by atoms with van der Waals surface area (Å²) in [4.78, 5) is 60.5. The zero-order valence-electron chi connectivity index (χ0n) is 14.1. The van der Waals surface area contributed by atoms with Crippen molar-refractivity contribution in [3.05, 3.63) is 0 Å². The minimum absolute atomic E-state index is 0. The fourth-order valence-electron chi connectivity index (χ4n) is 0.507. The predicted octanol–water partition coefficient (Wildman–Crippen LogP) is -0.753. The Bertz CT molecular complexity index is 522. The molecule has 0 saturated heterocycles. The van der Waals surface area contributed by atoms with E-state index in [0.717, 1.165) is 0 Å². The van der Waals surface area contributed by atoms with Crippen molar-refractivity contribution in [2.24, 2.45) is 0 Å². The average molecular weight is 466 g/mol. The third kappa shape index (κ3) is 17.2. The molecule has 0 aliphatic rings. The van der Waals surface area contributed by atoms with Crippen LogP contribution < -0.4 is 0 Å². The molecule has 0 fully saturated rings. The molecule has 0 aliphatic carbocycles. The normalized spacial score (nSPS) is 17.0. The van der Waals surface area contributed by atoms with Crippen LogP contribution in [0.5, 0.6) is 0 Å². The van der Waals surface area contributed by atoms with Crippen molar-refractivity contribution in [3.63, 3.8) is 0 Å². The van der Waals surface area contributed by atoms with Crippen LogP contribution in [0, 0.1) is 0 Å². The first-order valence-electron chi connectivity index (χ1n) is 3.64. The van der Waals surface area contributed by atoms with Crippen LogP contribution in [0.15, 0.2) is 0 Å². The molecule has 0 aromatic rings. The van der Waals surface area contributed by atoms with Crippen LogP contribution >= 0.6 is 31.3 Å². The number of hydrogen-bond acceptors (Lipinski definition) is 9. The van der Waals surface area contributed by atoms with Gasteiger partial charge >= 0.3 is 113 Å². The maximum Gasteiger partial charge on any atom is 2.00 e. The van der Waals surface area contributed by atoms with Gasteiger partial charge in [-0.25, -0.2) is 23.1 Å². The Morgan fingerprint density at radius 3 is 1.09 bits per heavy atom. The Morgan fingerprint density at radius 1 is 0.682 bits per heavy atom. The molecule has 0 aromatic heterocycles. The largest absolute Gasteiger partial charge is 2.00 e. The van der Waals surface area contributed by atoms with Gasteiger partial charge in [-0.05, 0) is 0 Å². The van der Waals surface area contributed by atoms with Gasteiger partial charge in [-0.1, -0.05) is 0 Å². The SMILES string of the molecule is O=C(OP(=O)(O)OP(=O)(O)O)OP(=O)(O)OP(=O)(O)O.[Ca+2].[Ca+2].[H-].[H-].[H-].[H-]. The summed E-state index contributed by atoms with van der Waals surface area (Å²) in [6.45, 7) is 0. The van der Waals surface area contributed by atoms with E-state index in [2.05, 4.69) is 17.7 Å². The molecule has 0 aliphatic heterocycles. The minimum atomic E-state index is -5.73. The van der Waals surface area contributed by atoms with Crippen LogP contribution in [-0.4, -0.2) is 111 Å². The molecular weight excluding hydrogens is 456 g/mol. The van der Waals surface area contributed by atoms with Gasteiger partial charge in [-0.3, -0.25) is 9.79 Å². The van der Waals surface area contributed by atoms with Crippen molar-refractivity contribution in [1.29, 1.82) is 0 Å². The van der Waals surface area contributed by atoms with Crippen molar-refractivity contribution < 1.29 is 75.8 Å². The monoisotopic (exact) mass is 466 g/mol. The zero-order chi connectivity index (χ0) is 16.4. The van der Waals surface area contributed by atoms with Crippen molar-refractivity contribution in [2.75, 3.05) is 0 Å². The molecule has 0 rings (SSSR count). The molecule has 0 spiro atoms. The summed E-state index contributed by atoms with van der Waals surface area (Å²) in [5.74, 6) is 0. The molecule has 15 nitrogen and oxygen atoms in total. The molecule has 0 heterocycles. The first-order valence-corrected chi connectivity index (χ1v) is 9.69. The Labute approximate surface area is 186 Å². The second-order valence-electron chi connectivity index (χ2n) is 2.51. The number of carbonyl (C=O) groups is 1. The van der Waals surface area contributed by atoms with Crippen molar-refractivity contribution in [2.45, 2.75) is 0 Å². The molecule has 2 unspecified atom stereocenters. The number of rotatable bonds is 6.